The molecule has 2 aromatic rings. The Hall–Kier alpha value is -3.23. The molecule has 0 aliphatic heterocycles. The molecule has 144 valence electrons. The molecule has 0 atom stereocenters. The van der Waals surface area contributed by atoms with Crippen LogP contribution in [0.3, 0.4) is 0 Å². The van der Waals surface area contributed by atoms with Crippen LogP contribution in [0.25, 0.3) is 0 Å². The fourth-order valence-electron chi connectivity index (χ4n) is 2.08. The summed E-state index contributed by atoms with van der Waals surface area (Å²) in [4.78, 5) is 23.5. The van der Waals surface area contributed by atoms with Crippen LogP contribution < -0.4 is 20.1 Å². The van der Waals surface area contributed by atoms with Gasteiger partial charge in [-0.3, -0.25) is 9.59 Å². The Morgan fingerprint density at radius 1 is 1.00 bits per heavy atom. The van der Waals surface area contributed by atoms with Crippen LogP contribution in [0, 0.1) is 24.4 Å². The van der Waals surface area contributed by atoms with E-state index in [-0.39, 0.29) is 6.61 Å². The number of hydrogen-bond donors (Lipinski definition) is 2. The molecule has 0 heterocycles. The SMILES string of the molecule is COc1cc(C)ccc1OCC(=O)NCC(=O)Nc1ccc(F)c(F)c1F. The first-order chi connectivity index (χ1) is 12.8. The molecule has 2 rings (SSSR count). The van der Waals surface area contributed by atoms with Gasteiger partial charge in [0, 0.05) is 0 Å². The molecule has 6 nitrogen and oxygen atoms in total. The zero-order chi connectivity index (χ0) is 20.0. The number of nitrogens with one attached hydrogen (secondary N) is 2. The van der Waals surface area contributed by atoms with Gasteiger partial charge in [0.25, 0.3) is 5.91 Å². The minimum Gasteiger partial charge on any atom is -0.493 e. The molecule has 2 aromatic carbocycles. The van der Waals surface area contributed by atoms with E-state index in [2.05, 4.69) is 5.32 Å². The van der Waals surface area contributed by atoms with Crippen molar-refractivity contribution in [1.29, 1.82) is 0 Å². The number of methoxy groups -OCH3 is 1. The van der Waals surface area contributed by atoms with Crippen molar-refractivity contribution in [2.24, 2.45) is 0 Å². The number of aryl methyl sites for hydroxylation is 1. The molecule has 2 amide bonds. The van der Waals surface area contributed by atoms with Crippen LogP contribution in [-0.4, -0.2) is 32.1 Å². The Bertz CT molecular complexity index is 859. The van der Waals surface area contributed by atoms with Gasteiger partial charge in [0.1, 0.15) is 0 Å². The zero-order valence-electron chi connectivity index (χ0n) is 14.6. The van der Waals surface area contributed by atoms with E-state index < -0.39 is 41.5 Å². The lowest BCUT2D eigenvalue weighted by Gasteiger charge is -2.11. The van der Waals surface area contributed by atoms with E-state index in [1.807, 2.05) is 12.2 Å². The molecule has 0 radical (unpaired) electrons. The maximum atomic E-state index is 13.5. The van der Waals surface area contributed by atoms with E-state index in [0.717, 1.165) is 11.6 Å². The lowest BCUT2D eigenvalue weighted by Crippen LogP contribution is -2.36. The number of halogens is 3. The van der Waals surface area contributed by atoms with Gasteiger partial charge in [0.05, 0.1) is 19.3 Å². The molecule has 2 N–H and O–H groups in total. The average Bonchev–Trinajstić information content (AvgIpc) is 2.65. The normalized spacial score (nSPS) is 10.3. The number of carbonyl (C=O) groups excluding carboxylic acids is 2. The van der Waals surface area contributed by atoms with Gasteiger partial charge in [-0.2, -0.15) is 0 Å². The fraction of sp³-hybridized carbons (Fsp3) is 0.222. The van der Waals surface area contributed by atoms with E-state index in [9.17, 15) is 22.8 Å². The third kappa shape index (κ3) is 5.37. The highest BCUT2D eigenvalue weighted by Crippen LogP contribution is 2.27. The number of rotatable bonds is 7. The summed E-state index contributed by atoms with van der Waals surface area (Å²) >= 11 is 0. The lowest BCUT2D eigenvalue weighted by atomic mass is 10.2. The average molecular weight is 382 g/mol. The summed E-state index contributed by atoms with van der Waals surface area (Å²) in [6.45, 7) is 0.978. The molecular weight excluding hydrogens is 365 g/mol. The highest BCUT2D eigenvalue weighted by molar-refractivity contribution is 5.94. The number of hydrogen-bond acceptors (Lipinski definition) is 4. The maximum Gasteiger partial charge on any atom is 0.258 e. The maximum absolute atomic E-state index is 13.5. The third-order valence-corrected chi connectivity index (χ3v) is 3.43. The van der Waals surface area contributed by atoms with Crippen LogP contribution in [-0.2, 0) is 9.59 Å². The molecule has 0 spiro atoms. The monoisotopic (exact) mass is 382 g/mol. The standard InChI is InChI=1S/C18H17F3N2O4/c1-10-3-6-13(14(7-10)26-2)27-9-16(25)22-8-15(24)23-12-5-4-11(19)17(20)18(12)21/h3-7H,8-9H2,1-2H3,(H,22,25)(H,23,24). The summed E-state index contributed by atoms with van der Waals surface area (Å²) in [7, 11) is 1.46. The van der Waals surface area contributed by atoms with Crippen molar-refractivity contribution in [3.8, 4) is 11.5 Å². The second kappa shape index (κ2) is 8.93. The van der Waals surface area contributed by atoms with Crippen LogP contribution in [0.5, 0.6) is 11.5 Å². The van der Waals surface area contributed by atoms with Gasteiger partial charge in [0.15, 0.2) is 35.6 Å². The largest absolute Gasteiger partial charge is 0.493 e. The van der Waals surface area contributed by atoms with Crippen molar-refractivity contribution in [2.75, 3.05) is 25.6 Å². The zero-order valence-corrected chi connectivity index (χ0v) is 14.6. The Morgan fingerprint density at radius 3 is 2.44 bits per heavy atom. The number of carbonyl (C=O) groups is 2. The molecule has 27 heavy (non-hydrogen) atoms. The summed E-state index contributed by atoms with van der Waals surface area (Å²) in [5, 5.41) is 4.30. The molecule has 0 bridgehead atoms. The summed E-state index contributed by atoms with van der Waals surface area (Å²) < 4.78 is 49.9. The Kier molecular flexibility index (Phi) is 6.64. The van der Waals surface area contributed by atoms with Crippen LogP contribution in [0.1, 0.15) is 5.56 Å². The van der Waals surface area contributed by atoms with Crippen LogP contribution >= 0.6 is 0 Å². The molecule has 0 aromatic heterocycles. The van der Waals surface area contributed by atoms with Gasteiger partial charge in [-0.15, -0.1) is 0 Å². The molecule has 0 aliphatic carbocycles. The minimum absolute atomic E-state index is 0.353. The third-order valence-electron chi connectivity index (χ3n) is 3.43. The number of ether oxygens (including phenoxy) is 2. The molecule has 0 fully saturated rings. The van der Waals surface area contributed by atoms with E-state index in [4.69, 9.17) is 9.47 Å². The highest BCUT2D eigenvalue weighted by Gasteiger charge is 2.16. The van der Waals surface area contributed by atoms with Gasteiger partial charge in [0.2, 0.25) is 5.91 Å². The smallest absolute Gasteiger partial charge is 0.258 e. The topological polar surface area (TPSA) is 76.7 Å². The Balaban J connectivity index is 1.83. The summed E-state index contributed by atoms with van der Waals surface area (Å²) in [5.74, 6) is -5.22. The highest BCUT2D eigenvalue weighted by atomic mass is 19.2. The van der Waals surface area contributed by atoms with E-state index in [1.165, 1.54) is 7.11 Å². The molecule has 0 aliphatic rings. The predicted octanol–water partition coefficient (Wildman–Crippen LogP) is 2.55. The molecule has 9 heteroatoms. The van der Waals surface area contributed by atoms with Crippen LogP contribution in [0.2, 0.25) is 0 Å². The molecule has 0 unspecified atom stereocenters. The molecule has 0 saturated carbocycles. The summed E-state index contributed by atoms with van der Waals surface area (Å²) in [6, 6.07) is 6.70. The van der Waals surface area contributed by atoms with Gasteiger partial charge in [-0.1, -0.05) is 6.07 Å². The van der Waals surface area contributed by atoms with Gasteiger partial charge < -0.3 is 20.1 Å². The number of amides is 2. The lowest BCUT2D eigenvalue weighted by molar-refractivity contribution is -0.125. The second-order valence-corrected chi connectivity index (χ2v) is 5.49. The van der Waals surface area contributed by atoms with Crippen molar-refractivity contribution in [3.05, 3.63) is 53.3 Å². The quantitative estimate of drug-likeness (QED) is 0.722. The first-order valence-corrected chi connectivity index (χ1v) is 7.79. The van der Waals surface area contributed by atoms with Gasteiger partial charge >= 0.3 is 0 Å². The van der Waals surface area contributed by atoms with Crippen LogP contribution in [0.4, 0.5) is 18.9 Å². The number of anilines is 1. The molecular formula is C18H17F3N2O4. The predicted molar refractivity (Wildman–Crippen MR) is 91.2 cm³/mol. The van der Waals surface area contributed by atoms with Crippen molar-refractivity contribution < 1.29 is 32.2 Å². The Labute approximate surface area is 153 Å². The van der Waals surface area contributed by atoms with Crippen molar-refractivity contribution in [2.45, 2.75) is 6.92 Å². The van der Waals surface area contributed by atoms with Gasteiger partial charge in [-0.05, 0) is 36.8 Å². The summed E-state index contributed by atoms with van der Waals surface area (Å²) in [6.07, 6.45) is 0. The first kappa shape index (κ1) is 20.1. The first-order valence-electron chi connectivity index (χ1n) is 7.79. The van der Waals surface area contributed by atoms with Crippen molar-refractivity contribution in [3.63, 3.8) is 0 Å². The van der Waals surface area contributed by atoms with E-state index in [1.54, 1.807) is 18.2 Å². The van der Waals surface area contributed by atoms with Crippen molar-refractivity contribution in [1.82, 2.24) is 5.32 Å². The van der Waals surface area contributed by atoms with E-state index in [0.29, 0.717) is 17.6 Å². The van der Waals surface area contributed by atoms with Crippen LogP contribution in [0.15, 0.2) is 30.3 Å². The van der Waals surface area contributed by atoms with E-state index >= 15 is 0 Å². The van der Waals surface area contributed by atoms with Crippen molar-refractivity contribution >= 4 is 17.5 Å². The summed E-state index contributed by atoms with van der Waals surface area (Å²) in [5.41, 5.74) is 0.415. The number of benzene rings is 2. The second-order valence-electron chi connectivity index (χ2n) is 5.49. The minimum atomic E-state index is -1.70. The molecule has 0 saturated heterocycles. The van der Waals surface area contributed by atoms with Gasteiger partial charge in [-0.25, -0.2) is 13.2 Å². The fourth-order valence-corrected chi connectivity index (χ4v) is 2.08. The Morgan fingerprint density at radius 2 is 1.74 bits per heavy atom.